The zero-order valence-corrected chi connectivity index (χ0v) is 12.3. The quantitative estimate of drug-likeness (QED) is 0.787. The van der Waals surface area contributed by atoms with E-state index in [-0.39, 0.29) is 0 Å². The normalized spacial score (nSPS) is 16.6. The standard InChI is InChI=1S/C16H25NO/c1-12(2)17-10-14-7-6-13(9-16(3,4)5)8-15(14)18-11-17/h6-8,12H,9-11H2,1-5H3. The Labute approximate surface area is 111 Å². The molecule has 0 amide bonds. The second kappa shape index (κ2) is 4.93. The van der Waals surface area contributed by atoms with E-state index in [1.165, 1.54) is 11.1 Å². The van der Waals surface area contributed by atoms with Crippen LogP contribution in [0, 0.1) is 5.41 Å². The smallest absolute Gasteiger partial charge is 0.142 e. The van der Waals surface area contributed by atoms with Gasteiger partial charge in [-0.25, -0.2) is 0 Å². The van der Waals surface area contributed by atoms with E-state index < -0.39 is 0 Å². The second-order valence-corrected chi connectivity index (χ2v) is 6.79. The Kier molecular flexibility index (Phi) is 3.67. The summed E-state index contributed by atoms with van der Waals surface area (Å²) in [5, 5.41) is 0. The maximum absolute atomic E-state index is 5.88. The third-order valence-corrected chi connectivity index (χ3v) is 3.36. The maximum Gasteiger partial charge on any atom is 0.142 e. The highest BCUT2D eigenvalue weighted by Crippen LogP contribution is 2.29. The molecule has 0 bridgehead atoms. The highest BCUT2D eigenvalue weighted by atomic mass is 16.5. The second-order valence-electron chi connectivity index (χ2n) is 6.79. The van der Waals surface area contributed by atoms with Crippen LogP contribution in [0.5, 0.6) is 5.75 Å². The lowest BCUT2D eigenvalue weighted by Gasteiger charge is -2.32. The van der Waals surface area contributed by atoms with Crippen LogP contribution in [-0.4, -0.2) is 17.7 Å². The minimum atomic E-state index is 0.326. The SMILES string of the molecule is CC(C)N1COc2cc(CC(C)(C)C)ccc2C1. The fourth-order valence-corrected chi connectivity index (χ4v) is 2.33. The summed E-state index contributed by atoms with van der Waals surface area (Å²) in [4.78, 5) is 2.34. The highest BCUT2D eigenvalue weighted by Gasteiger charge is 2.20. The predicted molar refractivity (Wildman–Crippen MR) is 75.8 cm³/mol. The number of benzene rings is 1. The summed E-state index contributed by atoms with van der Waals surface area (Å²) in [6.07, 6.45) is 1.09. The summed E-state index contributed by atoms with van der Waals surface area (Å²) in [5.41, 5.74) is 3.01. The average Bonchev–Trinajstić information content (AvgIpc) is 2.26. The van der Waals surface area contributed by atoms with Crippen LogP contribution in [0.15, 0.2) is 18.2 Å². The molecule has 18 heavy (non-hydrogen) atoms. The van der Waals surface area contributed by atoms with Crippen molar-refractivity contribution in [3.8, 4) is 5.75 Å². The van der Waals surface area contributed by atoms with Crippen molar-refractivity contribution >= 4 is 0 Å². The zero-order chi connectivity index (χ0) is 13.3. The molecule has 0 aromatic heterocycles. The number of ether oxygens (including phenoxy) is 1. The van der Waals surface area contributed by atoms with Gasteiger partial charge >= 0.3 is 0 Å². The van der Waals surface area contributed by atoms with E-state index in [1.807, 2.05) is 0 Å². The molecule has 0 saturated carbocycles. The molecular weight excluding hydrogens is 222 g/mol. The minimum Gasteiger partial charge on any atom is -0.478 e. The molecule has 0 saturated heterocycles. The molecule has 2 nitrogen and oxygen atoms in total. The van der Waals surface area contributed by atoms with E-state index in [0.29, 0.717) is 18.2 Å². The first-order valence-electron chi connectivity index (χ1n) is 6.84. The highest BCUT2D eigenvalue weighted by molar-refractivity contribution is 5.39. The Morgan fingerprint density at radius 1 is 1.28 bits per heavy atom. The number of hydrogen-bond acceptors (Lipinski definition) is 2. The maximum atomic E-state index is 5.88. The monoisotopic (exact) mass is 247 g/mol. The van der Waals surface area contributed by atoms with Gasteiger partial charge in [-0.2, -0.15) is 0 Å². The van der Waals surface area contributed by atoms with Gasteiger partial charge in [0.15, 0.2) is 0 Å². The van der Waals surface area contributed by atoms with Crippen LogP contribution >= 0.6 is 0 Å². The molecule has 1 aliphatic heterocycles. The Bertz CT molecular complexity index is 418. The predicted octanol–water partition coefficient (Wildman–Crippen LogP) is 3.84. The van der Waals surface area contributed by atoms with Crippen LogP contribution < -0.4 is 4.74 Å². The largest absolute Gasteiger partial charge is 0.478 e. The molecule has 0 N–H and O–H groups in total. The lowest BCUT2D eigenvalue weighted by atomic mass is 9.87. The van der Waals surface area contributed by atoms with E-state index >= 15 is 0 Å². The van der Waals surface area contributed by atoms with Crippen molar-refractivity contribution < 1.29 is 4.74 Å². The summed E-state index contributed by atoms with van der Waals surface area (Å²) >= 11 is 0. The molecule has 1 aromatic rings. The van der Waals surface area contributed by atoms with Gasteiger partial charge in [0, 0.05) is 18.2 Å². The zero-order valence-electron chi connectivity index (χ0n) is 12.3. The molecule has 1 heterocycles. The van der Waals surface area contributed by atoms with Crippen molar-refractivity contribution in [2.75, 3.05) is 6.73 Å². The molecule has 0 unspecified atom stereocenters. The van der Waals surface area contributed by atoms with Crippen molar-refractivity contribution in [1.29, 1.82) is 0 Å². The van der Waals surface area contributed by atoms with Crippen LogP contribution in [0.3, 0.4) is 0 Å². The number of hydrogen-bond donors (Lipinski definition) is 0. The summed E-state index contributed by atoms with van der Waals surface area (Å²) < 4.78 is 5.88. The summed E-state index contributed by atoms with van der Waals surface area (Å²) in [6, 6.07) is 7.23. The molecule has 2 heteroatoms. The lowest BCUT2D eigenvalue weighted by Crippen LogP contribution is -2.37. The fourth-order valence-electron chi connectivity index (χ4n) is 2.33. The Morgan fingerprint density at radius 3 is 2.61 bits per heavy atom. The molecular formula is C16H25NO. The Hall–Kier alpha value is -1.02. The number of rotatable bonds is 2. The first kappa shape index (κ1) is 13.4. The average molecular weight is 247 g/mol. The van der Waals surface area contributed by atoms with Crippen molar-refractivity contribution in [2.45, 2.75) is 53.6 Å². The van der Waals surface area contributed by atoms with Crippen molar-refractivity contribution in [3.05, 3.63) is 29.3 Å². The van der Waals surface area contributed by atoms with Gasteiger partial charge in [-0.3, -0.25) is 4.90 Å². The molecule has 0 atom stereocenters. The number of nitrogens with zero attached hydrogens (tertiary/aromatic N) is 1. The van der Waals surface area contributed by atoms with E-state index in [9.17, 15) is 0 Å². The van der Waals surface area contributed by atoms with Gasteiger partial charge in [0.1, 0.15) is 12.5 Å². The van der Waals surface area contributed by atoms with Gasteiger partial charge < -0.3 is 4.74 Å². The third-order valence-electron chi connectivity index (χ3n) is 3.36. The van der Waals surface area contributed by atoms with Crippen molar-refractivity contribution in [2.24, 2.45) is 5.41 Å². The molecule has 1 aliphatic rings. The molecule has 0 aliphatic carbocycles. The molecule has 0 radical (unpaired) electrons. The molecule has 100 valence electrons. The van der Waals surface area contributed by atoms with Crippen LogP contribution in [0.4, 0.5) is 0 Å². The lowest BCUT2D eigenvalue weighted by molar-refractivity contribution is 0.0685. The third kappa shape index (κ3) is 3.26. The van der Waals surface area contributed by atoms with Gasteiger partial charge in [0.25, 0.3) is 0 Å². The Morgan fingerprint density at radius 2 is 2.00 bits per heavy atom. The van der Waals surface area contributed by atoms with Crippen LogP contribution in [-0.2, 0) is 13.0 Å². The minimum absolute atomic E-state index is 0.326. The van der Waals surface area contributed by atoms with Crippen molar-refractivity contribution in [1.82, 2.24) is 4.90 Å². The fraction of sp³-hybridized carbons (Fsp3) is 0.625. The van der Waals surface area contributed by atoms with E-state index in [4.69, 9.17) is 4.74 Å². The van der Waals surface area contributed by atoms with Gasteiger partial charge in [-0.1, -0.05) is 32.9 Å². The van der Waals surface area contributed by atoms with Crippen molar-refractivity contribution in [3.63, 3.8) is 0 Å². The van der Waals surface area contributed by atoms with E-state index in [0.717, 1.165) is 18.7 Å². The van der Waals surface area contributed by atoms with Gasteiger partial charge in [-0.15, -0.1) is 0 Å². The molecule has 0 fully saturated rings. The molecule has 2 rings (SSSR count). The van der Waals surface area contributed by atoms with Gasteiger partial charge in [0.05, 0.1) is 0 Å². The van der Waals surface area contributed by atoms with E-state index in [1.54, 1.807) is 0 Å². The molecule has 0 spiro atoms. The van der Waals surface area contributed by atoms with E-state index in [2.05, 4.69) is 57.7 Å². The first-order valence-corrected chi connectivity index (χ1v) is 6.84. The number of fused-ring (bicyclic) bond motifs is 1. The Balaban J connectivity index is 2.15. The summed E-state index contributed by atoms with van der Waals surface area (Å²) in [5.74, 6) is 1.08. The van der Waals surface area contributed by atoms with Gasteiger partial charge in [0.2, 0.25) is 0 Å². The topological polar surface area (TPSA) is 12.5 Å². The first-order chi connectivity index (χ1) is 8.35. The van der Waals surface area contributed by atoms with Crippen LogP contribution in [0.25, 0.3) is 0 Å². The van der Waals surface area contributed by atoms with Crippen LogP contribution in [0.2, 0.25) is 0 Å². The molecule has 1 aromatic carbocycles. The summed E-state index contributed by atoms with van der Waals surface area (Å²) in [6.45, 7) is 13.0. The van der Waals surface area contributed by atoms with Crippen LogP contribution in [0.1, 0.15) is 45.7 Å². The van der Waals surface area contributed by atoms with Gasteiger partial charge in [-0.05, 0) is 37.3 Å². The summed E-state index contributed by atoms with van der Waals surface area (Å²) in [7, 11) is 0.